The molecule has 0 radical (unpaired) electrons. The van der Waals surface area contributed by atoms with Crippen LogP contribution in [-0.2, 0) is 0 Å². The second-order valence-electron chi connectivity index (χ2n) is 3.42. The van der Waals surface area contributed by atoms with Crippen molar-refractivity contribution >= 4 is 34.2 Å². The first-order valence-corrected chi connectivity index (χ1v) is 6.93. The van der Waals surface area contributed by atoms with Crippen molar-refractivity contribution < 1.29 is 0 Å². The number of para-hydroxylation sites is 1. The van der Waals surface area contributed by atoms with Gasteiger partial charge in [0.1, 0.15) is 5.69 Å². The Morgan fingerprint density at radius 3 is 3.00 bits per heavy atom. The summed E-state index contributed by atoms with van der Waals surface area (Å²) < 4.78 is 1.64. The van der Waals surface area contributed by atoms with E-state index in [1.807, 2.05) is 18.5 Å². The minimum Gasteiger partial charge on any atom is -0.271 e. The molecule has 0 unspecified atom stereocenters. The monoisotopic (exact) mass is 291 g/mol. The molecule has 1 aromatic carbocycles. The third kappa shape index (κ3) is 3.08. The van der Waals surface area contributed by atoms with E-state index in [0.29, 0.717) is 21.6 Å². The summed E-state index contributed by atoms with van der Waals surface area (Å²) in [5, 5.41) is 16.4. The van der Waals surface area contributed by atoms with Crippen LogP contribution in [-0.4, -0.2) is 21.2 Å². The fraction of sp³-hybridized carbons (Fsp3) is 0.0833. The molecule has 0 atom stereocenters. The molecule has 0 aliphatic carbocycles. The van der Waals surface area contributed by atoms with Gasteiger partial charge in [-0.1, -0.05) is 29.4 Å². The van der Waals surface area contributed by atoms with Crippen molar-refractivity contribution in [3.05, 3.63) is 41.7 Å². The maximum Gasteiger partial charge on any atom is 0.183 e. The van der Waals surface area contributed by atoms with E-state index in [9.17, 15) is 0 Å². The molecule has 0 bridgehead atoms. The number of benzene rings is 1. The maximum absolute atomic E-state index is 8.65. The Bertz CT molecular complexity index is 630. The highest BCUT2D eigenvalue weighted by Gasteiger charge is 2.10. The number of thioether (sulfide) groups is 1. The quantitative estimate of drug-likeness (QED) is 0.400. The minimum absolute atomic E-state index is 0.498. The van der Waals surface area contributed by atoms with Crippen LogP contribution in [0.3, 0.4) is 0 Å². The standard InChI is InChI=1S/C12H10ClN5S/c1-19-12(15-8-14)17-10-5-2-4-9(13)11(10)18-7-3-6-16-18/h2-7H,1H3,(H,15,17). The first kappa shape index (κ1) is 13.5. The molecule has 0 aliphatic rings. The fourth-order valence-corrected chi connectivity index (χ4v) is 2.10. The van der Waals surface area contributed by atoms with Gasteiger partial charge in [0, 0.05) is 12.4 Å². The van der Waals surface area contributed by atoms with E-state index in [-0.39, 0.29) is 0 Å². The highest BCUT2D eigenvalue weighted by Crippen LogP contribution is 2.30. The van der Waals surface area contributed by atoms with Crippen LogP contribution in [0.5, 0.6) is 0 Å². The second kappa shape index (κ2) is 6.27. The van der Waals surface area contributed by atoms with Gasteiger partial charge in [-0.3, -0.25) is 5.32 Å². The summed E-state index contributed by atoms with van der Waals surface area (Å²) in [6.07, 6.45) is 7.14. The van der Waals surface area contributed by atoms with Gasteiger partial charge in [0.15, 0.2) is 11.4 Å². The number of nitrogens with zero attached hydrogens (tertiary/aromatic N) is 4. The van der Waals surface area contributed by atoms with Gasteiger partial charge in [-0.2, -0.15) is 10.4 Å². The molecule has 0 spiro atoms. The van der Waals surface area contributed by atoms with Crippen molar-refractivity contribution in [1.29, 1.82) is 5.26 Å². The molecule has 1 N–H and O–H groups in total. The Morgan fingerprint density at radius 2 is 2.37 bits per heavy atom. The zero-order valence-electron chi connectivity index (χ0n) is 10.0. The lowest BCUT2D eigenvalue weighted by atomic mass is 10.2. The van der Waals surface area contributed by atoms with E-state index in [4.69, 9.17) is 16.9 Å². The van der Waals surface area contributed by atoms with Crippen LogP contribution >= 0.6 is 23.4 Å². The van der Waals surface area contributed by atoms with Crippen LogP contribution in [0, 0.1) is 11.5 Å². The van der Waals surface area contributed by atoms with Crippen LogP contribution in [0.4, 0.5) is 5.69 Å². The number of hydrogen-bond acceptors (Lipinski definition) is 4. The van der Waals surface area contributed by atoms with Gasteiger partial charge >= 0.3 is 0 Å². The third-order valence-electron chi connectivity index (χ3n) is 2.28. The van der Waals surface area contributed by atoms with Crippen LogP contribution in [0.25, 0.3) is 5.69 Å². The third-order valence-corrected chi connectivity index (χ3v) is 3.16. The zero-order chi connectivity index (χ0) is 13.7. The maximum atomic E-state index is 8.65. The van der Waals surface area contributed by atoms with Gasteiger partial charge < -0.3 is 0 Å². The summed E-state index contributed by atoms with van der Waals surface area (Å²) in [6, 6.07) is 7.20. The summed E-state index contributed by atoms with van der Waals surface area (Å²) in [4.78, 5) is 4.38. The van der Waals surface area contributed by atoms with Crippen LogP contribution in [0.1, 0.15) is 0 Å². The number of halogens is 1. The number of rotatable bonds is 2. The van der Waals surface area contributed by atoms with E-state index >= 15 is 0 Å². The molecule has 0 aliphatic heterocycles. The van der Waals surface area contributed by atoms with Crippen molar-refractivity contribution in [3.8, 4) is 11.9 Å². The topological polar surface area (TPSA) is 66.0 Å². The van der Waals surface area contributed by atoms with E-state index in [1.54, 1.807) is 35.3 Å². The van der Waals surface area contributed by atoms with Crippen molar-refractivity contribution in [3.63, 3.8) is 0 Å². The molecule has 2 rings (SSSR count). The molecule has 0 saturated carbocycles. The van der Waals surface area contributed by atoms with Gasteiger partial charge in [0.2, 0.25) is 0 Å². The van der Waals surface area contributed by atoms with Gasteiger partial charge in [0.05, 0.1) is 10.7 Å². The lowest BCUT2D eigenvalue weighted by molar-refractivity contribution is 0.881. The zero-order valence-corrected chi connectivity index (χ0v) is 11.6. The Hall–Kier alpha value is -1.97. The molecule has 0 saturated heterocycles. The summed E-state index contributed by atoms with van der Waals surface area (Å²) in [5.74, 6) is 0. The highest BCUT2D eigenvalue weighted by atomic mass is 35.5. The number of amidine groups is 1. The van der Waals surface area contributed by atoms with E-state index < -0.39 is 0 Å². The Labute approximate surface area is 119 Å². The summed E-state index contributed by atoms with van der Waals surface area (Å²) >= 11 is 7.55. The molecular formula is C12H10ClN5S. The molecule has 7 heteroatoms. The molecule has 96 valence electrons. The van der Waals surface area contributed by atoms with Gasteiger partial charge in [0.25, 0.3) is 0 Å². The van der Waals surface area contributed by atoms with Crippen molar-refractivity contribution in [1.82, 2.24) is 15.1 Å². The van der Waals surface area contributed by atoms with Gasteiger partial charge in [-0.25, -0.2) is 9.67 Å². The summed E-state index contributed by atoms with van der Waals surface area (Å²) in [7, 11) is 0. The lowest BCUT2D eigenvalue weighted by Gasteiger charge is -2.09. The van der Waals surface area contributed by atoms with Crippen molar-refractivity contribution in [2.24, 2.45) is 4.99 Å². The van der Waals surface area contributed by atoms with Gasteiger partial charge in [-0.05, 0) is 24.5 Å². The first-order valence-electron chi connectivity index (χ1n) is 5.32. The number of nitrogens with one attached hydrogen (secondary N) is 1. The highest BCUT2D eigenvalue weighted by molar-refractivity contribution is 8.13. The summed E-state index contributed by atoms with van der Waals surface area (Å²) in [5.41, 5.74) is 1.32. The molecular weight excluding hydrogens is 282 g/mol. The van der Waals surface area contributed by atoms with Crippen molar-refractivity contribution in [2.45, 2.75) is 0 Å². The van der Waals surface area contributed by atoms with Crippen LogP contribution in [0.2, 0.25) is 5.02 Å². The SMILES string of the molecule is CSC(=Nc1cccc(Cl)c1-n1cccn1)NC#N. The predicted molar refractivity (Wildman–Crippen MR) is 77.9 cm³/mol. The number of aromatic nitrogens is 2. The number of aliphatic imine (C=N–C) groups is 1. The predicted octanol–water partition coefficient (Wildman–Crippen LogP) is 2.95. The Morgan fingerprint density at radius 1 is 1.53 bits per heavy atom. The Balaban J connectivity index is 2.53. The normalized spacial score (nSPS) is 11.1. The number of nitriles is 1. The van der Waals surface area contributed by atoms with E-state index in [0.717, 1.165) is 0 Å². The first-order chi connectivity index (χ1) is 9.26. The summed E-state index contributed by atoms with van der Waals surface area (Å²) in [6.45, 7) is 0. The molecule has 5 nitrogen and oxygen atoms in total. The van der Waals surface area contributed by atoms with E-state index in [1.165, 1.54) is 11.8 Å². The average Bonchev–Trinajstić information content (AvgIpc) is 2.92. The molecule has 19 heavy (non-hydrogen) atoms. The fourth-order valence-electron chi connectivity index (χ4n) is 1.50. The Kier molecular flexibility index (Phi) is 4.44. The molecule has 2 aromatic rings. The number of hydrogen-bond donors (Lipinski definition) is 1. The van der Waals surface area contributed by atoms with Gasteiger partial charge in [-0.15, -0.1) is 0 Å². The smallest absolute Gasteiger partial charge is 0.183 e. The second-order valence-corrected chi connectivity index (χ2v) is 4.62. The largest absolute Gasteiger partial charge is 0.271 e. The molecule has 0 fully saturated rings. The molecule has 0 amide bonds. The molecule has 1 heterocycles. The van der Waals surface area contributed by atoms with Crippen molar-refractivity contribution in [2.75, 3.05) is 6.26 Å². The minimum atomic E-state index is 0.498. The van der Waals surface area contributed by atoms with E-state index in [2.05, 4.69) is 15.4 Å². The lowest BCUT2D eigenvalue weighted by Crippen LogP contribution is -2.12. The van der Waals surface area contributed by atoms with Crippen LogP contribution < -0.4 is 5.32 Å². The average molecular weight is 292 g/mol. The molecule has 1 aromatic heterocycles. The van der Waals surface area contributed by atoms with Crippen LogP contribution in [0.15, 0.2) is 41.7 Å².